The average molecular weight is 282 g/mol. The van der Waals surface area contributed by atoms with Gasteiger partial charge in [0.05, 0.1) is 0 Å². The van der Waals surface area contributed by atoms with E-state index in [-0.39, 0.29) is 5.91 Å². The van der Waals surface area contributed by atoms with E-state index in [1.54, 1.807) is 18.2 Å². The highest BCUT2D eigenvalue weighted by atomic mass is 32.2. The molecule has 0 spiro atoms. The number of carbonyl (C=O) groups is 1. The summed E-state index contributed by atoms with van der Waals surface area (Å²) in [5, 5.41) is 2.87. The molecule has 19 heavy (non-hydrogen) atoms. The van der Waals surface area contributed by atoms with Crippen molar-refractivity contribution < 1.29 is 4.79 Å². The van der Waals surface area contributed by atoms with Crippen LogP contribution in [0.1, 0.15) is 36.2 Å². The Bertz CT molecular complexity index is 387. The first kappa shape index (κ1) is 15.8. The summed E-state index contributed by atoms with van der Waals surface area (Å²) in [6.45, 7) is 0.695. The van der Waals surface area contributed by atoms with E-state index in [9.17, 15) is 4.79 Å². The molecular weight excluding hydrogens is 260 g/mol. The maximum Gasteiger partial charge on any atom is 0.269 e. The summed E-state index contributed by atoms with van der Waals surface area (Å²) in [4.78, 5) is 15.9. The first-order valence-corrected chi connectivity index (χ1v) is 7.88. The van der Waals surface area contributed by atoms with Gasteiger partial charge in [0.25, 0.3) is 5.91 Å². The molecule has 6 heteroatoms. The Morgan fingerprint density at radius 3 is 2.84 bits per heavy atom. The molecule has 1 aromatic rings. The topological polar surface area (TPSA) is 80.0 Å². The molecule has 5 nitrogen and oxygen atoms in total. The zero-order valence-corrected chi connectivity index (χ0v) is 12.1. The van der Waals surface area contributed by atoms with Crippen LogP contribution in [0.3, 0.4) is 0 Å². The Labute approximate surface area is 118 Å². The number of nitrogens with one attached hydrogen (secondary N) is 2. The SMILES string of the molecule is CSCCCCCCNC(=O)c1cccc(NN)n1. The molecule has 0 saturated carbocycles. The van der Waals surface area contributed by atoms with Crippen molar-refractivity contribution in [1.29, 1.82) is 0 Å². The molecule has 0 aliphatic rings. The van der Waals surface area contributed by atoms with Gasteiger partial charge in [-0.3, -0.25) is 4.79 Å². The Kier molecular flexibility index (Phi) is 8.00. The molecule has 0 atom stereocenters. The highest BCUT2D eigenvalue weighted by Crippen LogP contribution is 2.05. The summed E-state index contributed by atoms with van der Waals surface area (Å²) >= 11 is 1.88. The normalized spacial score (nSPS) is 10.2. The van der Waals surface area contributed by atoms with Crippen LogP contribution in [0.2, 0.25) is 0 Å². The number of nitrogens with two attached hydrogens (primary N) is 1. The molecule has 1 aromatic heterocycles. The molecule has 0 saturated heterocycles. The van der Waals surface area contributed by atoms with E-state index in [2.05, 4.69) is 22.0 Å². The van der Waals surface area contributed by atoms with Gasteiger partial charge in [-0.25, -0.2) is 10.8 Å². The van der Waals surface area contributed by atoms with Gasteiger partial charge in [0.1, 0.15) is 11.5 Å². The van der Waals surface area contributed by atoms with E-state index in [1.165, 1.54) is 18.6 Å². The second kappa shape index (κ2) is 9.63. The Balaban J connectivity index is 2.20. The summed E-state index contributed by atoms with van der Waals surface area (Å²) in [5.74, 6) is 6.81. The van der Waals surface area contributed by atoms with E-state index in [4.69, 9.17) is 5.84 Å². The van der Waals surface area contributed by atoms with E-state index in [0.717, 1.165) is 12.8 Å². The molecule has 0 unspecified atom stereocenters. The molecular formula is C13H22N4OS. The number of pyridine rings is 1. The van der Waals surface area contributed by atoms with E-state index in [1.807, 2.05) is 11.8 Å². The van der Waals surface area contributed by atoms with Gasteiger partial charge >= 0.3 is 0 Å². The molecule has 4 N–H and O–H groups in total. The smallest absolute Gasteiger partial charge is 0.269 e. The number of nitrogens with zero attached hydrogens (tertiary/aromatic N) is 1. The third-order valence-corrected chi connectivity index (χ3v) is 3.39. The zero-order chi connectivity index (χ0) is 13.9. The van der Waals surface area contributed by atoms with Gasteiger partial charge in [-0.2, -0.15) is 11.8 Å². The van der Waals surface area contributed by atoms with Crippen molar-refractivity contribution in [2.75, 3.05) is 24.0 Å². The number of hydrogen-bond acceptors (Lipinski definition) is 5. The van der Waals surface area contributed by atoms with Gasteiger partial charge in [0.15, 0.2) is 0 Å². The predicted molar refractivity (Wildman–Crippen MR) is 81.2 cm³/mol. The lowest BCUT2D eigenvalue weighted by atomic mass is 10.2. The highest BCUT2D eigenvalue weighted by Gasteiger charge is 2.06. The molecule has 0 aliphatic heterocycles. The van der Waals surface area contributed by atoms with Gasteiger partial charge < -0.3 is 10.7 Å². The van der Waals surface area contributed by atoms with Gasteiger partial charge in [0.2, 0.25) is 0 Å². The van der Waals surface area contributed by atoms with Crippen LogP contribution in [0.5, 0.6) is 0 Å². The second-order valence-electron chi connectivity index (χ2n) is 4.22. The first-order chi connectivity index (χ1) is 9.27. The number of unbranched alkanes of at least 4 members (excludes halogenated alkanes) is 3. The molecule has 1 rings (SSSR count). The number of hydrogen-bond donors (Lipinski definition) is 3. The van der Waals surface area contributed by atoms with Gasteiger partial charge in [-0.15, -0.1) is 0 Å². The number of aromatic nitrogens is 1. The number of thioether (sulfide) groups is 1. The number of anilines is 1. The van der Waals surface area contributed by atoms with Gasteiger partial charge in [0, 0.05) is 6.54 Å². The van der Waals surface area contributed by atoms with Gasteiger partial charge in [-0.1, -0.05) is 18.9 Å². The predicted octanol–water partition coefficient (Wildman–Crippen LogP) is 2.02. The maximum absolute atomic E-state index is 11.8. The lowest BCUT2D eigenvalue weighted by molar-refractivity contribution is 0.0948. The summed E-state index contributed by atoms with van der Waals surface area (Å²) in [6, 6.07) is 5.14. The summed E-state index contributed by atoms with van der Waals surface area (Å²) < 4.78 is 0. The fourth-order valence-corrected chi connectivity index (χ4v) is 2.15. The van der Waals surface area contributed by atoms with Crippen molar-refractivity contribution in [1.82, 2.24) is 10.3 Å². The van der Waals surface area contributed by atoms with E-state index < -0.39 is 0 Å². The number of rotatable bonds is 9. The number of nitrogen functional groups attached to an aromatic ring is 1. The first-order valence-electron chi connectivity index (χ1n) is 6.48. The third-order valence-electron chi connectivity index (χ3n) is 2.69. The Hall–Kier alpha value is -1.27. The summed E-state index contributed by atoms with van der Waals surface area (Å²) in [6.07, 6.45) is 6.76. The number of amides is 1. The third kappa shape index (κ3) is 6.45. The quantitative estimate of drug-likeness (QED) is 0.367. The molecule has 106 valence electrons. The average Bonchev–Trinajstić information content (AvgIpc) is 2.46. The lowest BCUT2D eigenvalue weighted by Crippen LogP contribution is -2.25. The fraction of sp³-hybridized carbons (Fsp3) is 0.538. The zero-order valence-electron chi connectivity index (χ0n) is 11.3. The monoisotopic (exact) mass is 282 g/mol. The van der Waals surface area contributed by atoms with Crippen LogP contribution in [-0.4, -0.2) is 29.4 Å². The van der Waals surface area contributed by atoms with Crippen LogP contribution in [0.25, 0.3) is 0 Å². The van der Waals surface area contributed by atoms with Crippen LogP contribution >= 0.6 is 11.8 Å². The molecule has 1 heterocycles. The molecule has 0 radical (unpaired) electrons. The standard InChI is InChI=1S/C13H22N4OS/c1-19-10-5-3-2-4-9-15-13(18)11-7-6-8-12(16-11)17-14/h6-8H,2-5,9-10,14H2,1H3,(H,15,18)(H,16,17). The van der Waals surface area contributed by atoms with E-state index >= 15 is 0 Å². The van der Waals surface area contributed by atoms with Crippen LogP contribution < -0.4 is 16.6 Å². The van der Waals surface area contributed by atoms with Crippen molar-refractivity contribution in [3.8, 4) is 0 Å². The summed E-state index contributed by atoms with van der Waals surface area (Å²) in [7, 11) is 0. The van der Waals surface area contributed by atoms with Crippen LogP contribution in [0.4, 0.5) is 5.82 Å². The van der Waals surface area contributed by atoms with Crippen LogP contribution in [-0.2, 0) is 0 Å². The minimum absolute atomic E-state index is 0.152. The largest absolute Gasteiger partial charge is 0.351 e. The van der Waals surface area contributed by atoms with Crippen LogP contribution in [0, 0.1) is 0 Å². The molecule has 0 aliphatic carbocycles. The maximum atomic E-state index is 11.8. The Morgan fingerprint density at radius 1 is 1.32 bits per heavy atom. The minimum atomic E-state index is -0.152. The summed E-state index contributed by atoms with van der Waals surface area (Å²) in [5.41, 5.74) is 2.81. The molecule has 0 bridgehead atoms. The molecule has 1 amide bonds. The van der Waals surface area contributed by atoms with Crippen molar-refractivity contribution in [2.45, 2.75) is 25.7 Å². The van der Waals surface area contributed by atoms with Crippen molar-refractivity contribution >= 4 is 23.5 Å². The minimum Gasteiger partial charge on any atom is -0.351 e. The molecule has 0 fully saturated rings. The van der Waals surface area contributed by atoms with Crippen molar-refractivity contribution in [2.24, 2.45) is 5.84 Å². The van der Waals surface area contributed by atoms with Gasteiger partial charge in [-0.05, 0) is 37.0 Å². The van der Waals surface area contributed by atoms with Crippen LogP contribution in [0.15, 0.2) is 18.2 Å². The number of carbonyl (C=O) groups excluding carboxylic acids is 1. The van der Waals surface area contributed by atoms with E-state index in [0.29, 0.717) is 18.1 Å². The number of hydrazine groups is 1. The van der Waals surface area contributed by atoms with Crippen molar-refractivity contribution in [3.05, 3.63) is 23.9 Å². The molecule has 0 aromatic carbocycles. The van der Waals surface area contributed by atoms with Crippen molar-refractivity contribution in [3.63, 3.8) is 0 Å². The fourth-order valence-electron chi connectivity index (χ4n) is 1.66. The Morgan fingerprint density at radius 2 is 2.11 bits per heavy atom. The highest BCUT2D eigenvalue weighted by molar-refractivity contribution is 7.98. The lowest BCUT2D eigenvalue weighted by Gasteiger charge is -2.06. The second-order valence-corrected chi connectivity index (χ2v) is 5.20.